The van der Waals surface area contributed by atoms with Gasteiger partial charge in [-0.3, -0.25) is 0 Å². The normalized spacial score (nSPS) is 26.4. The molecule has 1 aromatic carbocycles. The molecule has 1 aliphatic carbocycles. The van der Waals surface area contributed by atoms with Gasteiger partial charge in [-0.15, -0.1) is 0 Å². The van der Waals surface area contributed by atoms with Crippen molar-refractivity contribution in [1.29, 1.82) is 0 Å². The molecule has 2 N–H and O–H groups in total. The van der Waals surface area contributed by atoms with Crippen LogP contribution in [0.15, 0.2) is 28.7 Å². The molecular formula is C11H14BrNO. The van der Waals surface area contributed by atoms with Crippen molar-refractivity contribution in [2.24, 2.45) is 0 Å². The Bertz CT molecular complexity index is 316. The molecule has 2 atom stereocenters. The molecule has 0 heterocycles. The number of aliphatic hydroxyl groups excluding tert-OH is 1. The largest absolute Gasteiger partial charge is 0.391 e. The highest BCUT2D eigenvalue weighted by Crippen LogP contribution is 2.24. The first-order chi connectivity index (χ1) is 6.75. The summed E-state index contributed by atoms with van der Waals surface area (Å²) in [7, 11) is 0. The first-order valence-electron chi connectivity index (χ1n) is 4.96. The van der Waals surface area contributed by atoms with E-state index in [0.717, 1.165) is 29.4 Å². The third-order valence-electron chi connectivity index (χ3n) is 2.66. The summed E-state index contributed by atoms with van der Waals surface area (Å²) in [6.07, 6.45) is 2.92. The number of hydrogen-bond donors (Lipinski definition) is 2. The van der Waals surface area contributed by atoms with E-state index in [-0.39, 0.29) is 12.1 Å². The van der Waals surface area contributed by atoms with Crippen LogP contribution in [0.4, 0.5) is 5.69 Å². The van der Waals surface area contributed by atoms with E-state index in [2.05, 4.69) is 21.2 Å². The molecule has 3 heteroatoms. The van der Waals surface area contributed by atoms with Crippen LogP contribution in [0.1, 0.15) is 19.3 Å². The van der Waals surface area contributed by atoms with Crippen molar-refractivity contribution < 1.29 is 5.11 Å². The molecular weight excluding hydrogens is 242 g/mol. The Morgan fingerprint density at radius 2 is 2.21 bits per heavy atom. The smallest absolute Gasteiger partial charge is 0.0741 e. The highest BCUT2D eigenvalue weighted by Gasteiger charge is 2.24. The van der Waals surface area contributed by atoms with Crippen LogP contribution in [0.5, 0.6) is 0 Å². The number of aliphatic hydroxyl groups is 1. The maximum absolute atomic E-state index is 9.65. The molecule has 76 valence electrons. The van der Waals surface area contributed by atoms with Crippen LogP contribution >= 0.6 is 15.9 Å². The zero-order valence-electron chi connectivity index (χ0n) is 7.91. The summed E-state index contributed by atoms with van der Waals surface area (Å²) >= 11 is 3.42. The van der Waals surface area contributed by atoms with Crippen molar-refractivity contribution in [3.8, 4) is 0 Å². The average Bonchev–Trinajstić information content (AvgIpc) is 2.52. The van der Waals surface area contributed by atoms with Crippen LogP contribution in [-0.4, -0.2) is 17.3 Å². The lowest BCUT2D eigenvalue weighted by molar-refractivity contribution is 0.172. The molecule has 2 unspecified atom stereocenters. The van der Waals surface area contributed by atoms with Gasteiger partial charge in [0.2, 0.25) is 0 Å². The number of nitrogens with one attached hydrogen (secondary N) is 1. The van der Waals surface area contributed by atoms with Gasteiger partial charge in [-0.25, -0.2) is 0 Å². The highest BCUT2D eigenvalue weighted by molar-refractivity contribution is 9.10. The molecule has 0 saturated heterocycles. The molecule has 0 spiro atoms. The lowest BCUT2D eigenvalue weighted by Crippen LogP contribution is -2.27. The Morgan fingerprint density at radius 3 is 2.86 bits per heavy atom. The first-order valence-corrected chi connectivity index (χ1v) is 5.75. The molecule has 14 heavy (non-hydrogen) atoms. The molecule has 0 amide bonds. The summed E-state index contributed by atoms with van der Waals surface area (Å²) in [5.41, 5.74) is 1.07. The van der Waals surface area contributed by atoms with Crippen LogP contribution in [0.25, 0.3) is 0 Å². The first kappa shape index (κ1) is 9.99. The number of benzene rings is 1. The topological polar surface area (TPSA) is 32.3 Å². The molecule has 0 radical (unpaired) electrons. The van der Waals surface area contributed by atoms with Crippen LogP contribution in [0.3, 0.4) is 0 Å². The molecule has 2 nitrogen and oxygen atoms in total. The van der Waals surface area contributed by atoms with E-state index >= 15 is 0 Å². The number of hydrogen-bond acceptors (Lipinski definition) is 2. The Morgan fingerprint density at radius 1 is 1.36 bits per heavy atom. The van der Waals surface area contributed by atoms with Crippen LogP contribution in [0.2, 0.25) is 0 Å². The predicted molar refractivity (Wildman–Crippen MR) is 61.4 cm³/mol. The highest BCUT2D eigenvalue weighted by atomic mass is 79.9. The minimum atomic E-state index is -0.186. The molecule has 0 aliphatic heterocycles. The predicted octanol–water partition coefficient (Wildman–Crippen LogP) is 2.77. The van der Waals surface area contributed by atoms with Gasteiger partial charge in [0.25, 0.3) is 0 Å². The lowest BCUT2D eigenvalue weighted by Gasteiger charge is -2.17. The van der Waals surface area contributed by atoms with E-state index in [1.54, 1.807) is 0 Å². The third kappa shape index (κ3) is 2.28. The zero-order chi connectivity index (χ0) is 9.97. The number of rotatable bonds is 2. The Labute approximate surface area is 92.5 Å². The van der Waals surface area contributed by atoms with Crippen LogP contribution in [-0.2, 0) is 0 Å². The minimum Gasteiger partial charge on any atom is -0.391 e. The fourth-order valence-electron chi connectivity index (χ4n) is 1.90. The van der Waals surface area contributed by atoms with Crippen molar-refractivity contribution in [3.05, 3.63) is 28.7 Å². The van der Waals surface area contributed by atoms with Crippen molar-refractivity contribution in [2.45, 2.75) is 31.4 Å². The molecule has 2 rings (SSSR count). The maximum atomic E-state index is 9.65. The monoisotopic (exact) mass is 255 g/mol. The summed E-state index contributed by atoms with van der Waals surface area (Å²) in [4.78, 5) is 0. The third-order valence-corrected chi connectivity index (χ3v) is 3.15. The van der Waals surface area contributed by atoms with Gasteiger partial charge in [-0.1, -0.05) is 22.0 Å². The molecule has 1 aliphatic rings. The van der Waals surface area contributed by atoms with Gasteiger partial charge < -0.3 is 10.4 Å². The van der Waals surface area contributed by atoms with Crippen LogP contribution < -0.4 is 5.32 Å². The molecule has 0 bridgehead atoms. The summed E-state index contributed by atoms with van der Waals surface area (Å²) < 4.78 is 1.06. The standard InChI is InChI=1S/C11H14BrNO/c12-8-3-1-4-9(7-8)13-10-5-2-6-11(10)14/h1,3-4,7,10-11,13-14H,2,5-6H2. The van der Waals surface area contributed by atoms with Crippen molar-refractivity contribution in [2.75, 3.05) is 5.32 Å². The second-order valence-electron chi connectivity index (χ2n) is 3.76. The second kappa shape index (κ2) is 4.32. The fraction of sp³-hybridized carbons (Fsp3) is 0.455. The zero-order valence-corrected chi connectivity index (χ0v) is 9.50. The lowest BCUT2D eigenvalue weighted by atomic mass is 10.2. The van der Waals surface area contributed by atoms with Crippen molar-refractivity contribution in [1.82, 2.24) is 0 Å². The number of halogens is 1. The van der Waals surface area contributed by atoms with Gasteiger partial charge in [0.15, 0.2) is 0 Å². The van der Waals surface area contributed by atoms with Gasteiger partial charge in [0, 0.05) is 10.2 Å². The van der Waals surface area contributed by atoms with Crippen molar-refractivity contribution in [3.63, 3.8) is 0 Å². The van der Waals surface area contributed by atoms with Crippen LogP contribution in [0, 0.1) is 0 Å². The Balaban J connectivity index is 2.03. The van der Waals surface area contributed by atoms with Gasteiger partial charge in [0.1, 0.15) is 0 Å². The second-order valence-corrected chi connectivity index (χ2v) is 4.68. The summed E-state index contributed by atoms with van der Waals surface area (Å²) in [5, 5.41) is 13.0. The van der Waals surface area contributed by atoms with Gasteiger partial charge in [0.05, 0.1) is 12.1 Å². The molecule has 0 aromatic heterocycles. The summed E-state index contributed by atoms with van der Waals surface area (Å²) in [6.45, 7) is 0. The van der Waals surface area contributed by atoms with E-state index in [0.29, 0.717) is 0 Å². The van der Waals surface area contributed by atoms with Gasteiger partial charge >= 0.3 is 0 Å². The Kier molecular flexibility index (Phi) is 3.08. The summed E-state index contributed by atoms with van der Waals surface area (Å²) in [5.74, 6) is 0. The van der Waals surface area contributed by atoms with E-state index in [1.807, 2.05) is 24.3 Å². The maximum Gasteiger partial charge on any atom is 0.0741 e. The van der Waals surface area contributed by atoms with E-state index in [1.165, 1.54) is 0 Å². The number of anilines is 1. The quantitative estimate of drug-likeness (QED) is 0.852. The SMILES string of the molecule is OC1CCCC1Nc1cccc(Br)c1. The molecule has 1 fully saturated rings. The van der Waals surface area contributed by atoms with E-state index < -0.39 is 0 Å². The average molecular weight is 256 g/mol. The van der Waals surface area contributed by atoms with E-state index in [4.69, 9.17) is 0 Å². The van der Waals surface area contributed by atoms with Gasteiger partial charge in [-0.05, 0) is 37.5 Å². The van der Waals surface area contributed by atoms with E-state index in [9.17, 15) is 5.11 Å². The van der Waals surface area contributed by atoms with Crippen molar-refractivity contribution >= 4 is 21.6 Å². The fourth-order valence-corrected chi connectivity index (χ4v) is 2.30. The Hall–Kier alpha value is -0.540. The summed E-state index contributed by atoms with van der Waals surface area (Å²) in [6, 6.07) is 8.27. The molecule has 1 saturated carbocycles. The minimum absolute atomic E-state index is 0.186. The van der Waals surface area contributed by atoms with Gasteiger partial charge in [-0.2, -0.15) is 0 Å². The molecule has 1 aromatic rings.